The summed E-state index contributed by atoms with van der Waals surface area (Å²) in [5.41, 5.74) is 1.81. The Hall–Kier alpha value is -2.28. The van der Waals surface area contributed by atoms with Crippen molar-refractivity contribution in [1.82, 2.24) is 16.0 Å². The number of hydrogen-bond donors (Lipinski definition) is 3. The molecule has 0 unspecified atom stereocenters. The third-order valence-electron chi connectivity index (χ3n) is 3.97. The Morgan fingerprint density at radius 1 is 1.11 bits per heavy atom. The van der Waals surface area contributed by atoms with Crippen molar-refractivity contribution in [3.8, 4) is 5.75 Å². The number of guanidine groups is 1. The van der Waals surface area contributed by atoms with Crippen molar-refractivity contribution in [2.75, 3.05) is 40.0 Å². The van der Waals surface area contributed by atoms with Gasteiger partial charge in [-0.2, -0.15) is 0 Å². The molecule has 0 aliphatic rings. The zero-order valence-corrected chi connectivity index (χ0v) is 18.1. The van der Waals surface area contributed by atoms with Gasteiger partial charge >= 0.3 is 0 Å². The number of aliphatic imine (C=N–C) groups is 1. The molecule has 0 spiro atoms. The second-order valence-electron chi connectivity index (χ2n) is 7.52. The van der Waals surface area contributed by atoms with E-state index in [0.29, 0.717) is 45.4 Å². The first-order valence-corrected chi connectivity index (χ1v) is 9.80. The van der Waals surface area contributed by atoms with Gasteiger partial charge in [0.25, 0.3) is 0 Å². The van der Waals surface area contributed by atoms with Gasteiger partial charge in [-0.15, -0.1) is 0 Å². The van der Waals surface area contributed by atoms with Crippen LogP contribution < -0.4 is 20.7 Å². The van der Waals surface area contributed by atoms with E-state index in [0.717, 1.165) is 16.9 Å². The van der Waals surface area contributed by atoms with E-state index in [1.807, 2.05) is 40.7 Å². The lowest BCUT2D eigenvalue weighted by molar-refractivity contribution is -0.128. The molecule has 7 heteroatoms. The summed E-state index contributed by atoms with van der Waals surface area (Å²) in [6, 6.07) is 6.14. The highest BCUT2D eigenvalue weighted by Crippen LogP contribution is 2.20. The first-order valence-electron chi connectivity index (χ1n) is 9.80. The van der Waals surface area contributed by atoms with Crippen LogP contribution in [0.5, 0.6) is 5.75 Å². The summed E-state index contributed by atoms with van der Waals surface area (Å²) < 4.78 is 11.2. The van der Waals surface area contributed by atoms with Crippen molar-refractivity contribution in [1.29, 1.82) is 0 Å². The zero-order chi connectivity index (χ0) is 21.0. The first kappa shape index (κ1) is 23.8. The van der Waals surface area contributed by atoms with Gasteiger partial charge in [0.15, 0.2) is 5.96 Å². The first-order chi connectivity index (χ1) is 13.3. The molecule has 0 saturated heterocycles. The van der Waals surface area contributed by atoms with Crippen LogP contribution >= 0.6 is 0 Å². The van der Waals surface area contributed by atoms with Gasteiger partial charge in [-0.05, 0) is 25.5 Å². The lowest BCUT2D eigenvalue weighted by Crippen LogP contribution is -2.43. The highest BCUT2D eigenvalue weighted by molar-refractivity contribution is 5.81. The number of nitrogens with one attached hydrogen (secondary N) is 3. The summed E-state index contributed by atoms with van der Waals surface area (Å²) in [7, 11) is 1.72. The van der Waals surface area contributed by atoms with Gasteiger partial charge in [0.1, 0.15) is 12.4 Å². The highest BCUT2D eigenvalue weighted by Gasteiger charge is 2.20. The minimum Gasteiger partial charge on any atom is -0.491 e. The standard InChI is InChI=1S/C21H36N4O3/c1-7-27-12-13-28-18-14-16(2)8-9-17(18)15-25-20(22-6)24-11-10-23-19(26)21(3,4)5/h8-9,14H,7,10-13,15H2,1-6H3,(H,23,26)(H2,22,24,25). The SMILES string of the molecule is CCOCCOc1cc(C)ccc1CNC(=NC)NCCNC(=O)C(C)(C)C. The van der Waals surface area contributed by atoms with Gasteiger partial charge in [-0.3, -0.25) is 9.79 Å². The van der Waals surface area contributed by atoms with Crippen LogP contribution in [0.2, 0.25) is 0 Å². The number of nitrogens with zero attached hydrogens (tertiary/aromatic N) is 1. The normalized spacial score (nSPS) is 11.9. The molecule has 0 saturated carbocycles. The zero-order valence-electron chi connectivity index (χ0n) is 18.1. The monoisotopic (exact) mass is 392 g/mol. The molecule has 0 aliphatic heterocycles. The second kappa shape index (κ2) is 12.2. The van der Waals surface area contributed by atoms with Gasteiger partial charge in [0.05, 0.1) is 6.61 Å². The van der Waals surface area contributed by atoms with Crippen molar-refractivity contribution in [2.45, 2.75) is 41.2 Å². The Morgan fingerprint density at radius 2 is 1.82 bits per heavy atom. The maximum absolute atomic E-state index is 11.9. The molecule has 1 aromatic rings. The molecule has 0 radical (unpaired) electrons. The number of carbonyl (C=O) groups excluding carboxylic acids is 1. The smallest absolute Gasteiger partial charge is 0.225 e. The largest absolute Gasteiger partial charge is 0.491 e. The predicted octanol–water partition coefficient (Wildman–Crippen LogP) is 2.24. The summed E-state index contributed by atoms with van der Waals surface area (Å²) in [4.78, 5) is 16.1. The molecule has 0 aromatic heterocycles. The van der Waals surface area contributed by atoms with Crippen LogP contribution in [-0.4, -0.2) is 51.8 Å². The van der Waals surface area contributed by atoms with Crippen LogP contribution in [0.25, 0.3) is 0 Å². The van der Waals surface area contributed by atoms with Crippen molar-refractivity contribution in [3.63, 3.8) is 0 Å². The Morgan fingerprint density at radius 3 is 2.46 bits per heavy atom. The summed E-state index contributed by atoms with van der Waals surface area (Å²) in [6.45, 7) is 13.2. The molecule has 158 valence electrons. The van der Waals surface area contributed by atoms with Crippen LogP contribution in [-0.2, 0) is 16.1 Å². The van der Waals surface area contributed by atoms with Gasteiger partial charge in [0.2, 0.25) is 5.91 Å². The molecule has 0 heterocycles. The predicted molar refractivity (Wildman–Crippen MR) is 114 cm³/mol. The third kappa shape index (κ3) is 9.08. The summed E-state index contributed by atoms with van der Waals surface area (Å²) >= 11 is 0. The number of rotatable bonds is 10. The Labute approximate surface area is 169 Å². The molecule has 0 fully saturated rings. The van der Waals surface area contributed by atoms with Crippen molar-refractivity contribution < 1.29 is 14.3 Å². The van der Waals surface area contributed by atoms with Crippen LogP contribution in [0.4, 0.5) is 0 Å². The Bertz CT molecular complexity index is 639. The maximum Gasteiger partial charge on any atom is 0.225 e. The number of ether oxygens (including phenoxy) is 2. The fourth-order valence-electron chi connectivity index (χ4n) is 2.32. The summed E-state index contributed by atoms with van der Waals surface area (Å²) in [5, 5.41) is 9.39. The second-order valence-corrected chi connectivity index (χ2v) is 7.52. The lowest BCUT2D eigenvalue weighted by Gasteiger charge is -2.18. The van der Waals surface area contributed by atoms with Gasteiger partial charge in [-0.1, -0.05) is 32.9 Å². The highest BCUT2D eigenvalue weighted by atomic mass is 16.5. The molecule has 0 atom stereocenters. The number of amides is 1. The number of carbonyl (C=O) groups is 1. The average Bonchev–Trinajstić information content (AvgIpc) is 2.64. The van der Waals surface area contributed by atoms with E-state index >= 15 is 0 Å². The van der Waals surface area contributed by atoms with E-state index in [1.54, 1.807) is 7.05 Å². The van der Waals surface area contributed by atoms with Gasteiger partial charge in [0, 0.05) is 44.3 Å². The Balaban J connectivity index is 2.49. The van der Waals surface area contributed by atoms with Crippen molar-refractivity contribution >= 4 is 11.9 Å². The molecule has 0 bridgehead atoms. The maximum atomic E-state index is 11.9. The van der Waals surface area contributed by atoms with Gasteiger partial charge < -0.3 is 25.4 Å². The van der Waals surface area contributed by atoms with E-state index in [1.165, 1.54) is 0 Å². The molecule has 3 N–H and O–H groups in total. The molecule has 1 rings (SSSR count). The molecule has 28 heavy (non-hydrogen) atoms. The minimum atomic E-state index is -0.385. The van der Waals surface area contributed by atoms with E-state index in [4.69, 9.17) is 9.47 Å². The van der Waals surface area contributed by atoms with E-state index in [2.05, 4.69) is 33.1 Å². The molecular formula is C21H36N4O3. The number of hydrogen-bond acceptors (Lipinski definition) is 4. The number of benzene rings is 1. The van der Waals surface area contributed by atoms with E-state index in [9.17, 15) is 4.79 Å². The Kier molecular flexibility index (Phi) is 10.4. The van der Waals surface area contributed by atoms with Crippen LogP contribution in [0, 0.1) is 12.3 Å². The molecular weight excluding hydrogens is 356 g/mol. The van der Waals surface area contributed by atoms with Crippen LogP contribution in [0.15, 0.2) is 23.2 Å². The fraction of sp³-hybridized carbons (Fsp3) is 0.619. The molecule has 0 aliphatic carbocycles. The van der Waals surface area contributed by atoms with Crippen LogP contribution in [0.1, 0.15) is 38.8 Å². The van der Waals surface area contributed by atoms with E-state index < -0.39 is 0 Å². The quantitative estimate of drug-likeness (QED) is 0.323. The molecule has 1 aromatic carbocycles. The van der Waals surface area contributed by atoms with Crippen molar-refractivity contribution in [2.24, 2.45) is 10.4 Å². The van der Waals surface area contributed by atoms with Gasteiger partial charge in [-0.25, -0.2) is 0 Å². The molecule has 7 nitrogen and oxygen atoms in total. The topological polar surface area (TPSA) is 84.0 Å². The summed E-state index contributed by atoms with van der Waals surface area (Å²) in [6.07, 6.45) is 0. The van der Waals surface area contributed by atoms with E-state index in [-0.39, 0.29) is 11.3 Å². The van der Waals surface area contributed by atoms with Crippen LogP contribution in [0.3, 0.4) is 0 Å². The lowest BCUT2D eigenvalue weighted by atomic mass is 9.96. The molecule has 1 amide bonds. The minimum absolute atomic E-state index is 0.0331. The summed E-state index contributed by atoms with van der Waals surface area (Å²) in [5.74, 6) is 1.55. The van der Waals surface area contributed by atoms with Crippen molar-refractivity contribution in [3.05, 3.63) is 29.3 Å². The number of aryl methyl sites for hydroxylation is 1. The fourth-order valence-corrected chi connectivity index (χ4v) is 2.32. The average molecular weight is 393 g/mol. The third-order valence-corrected chi connectivity index (χ3v) is 3.97.